The fraction of sp³-hybridized carbons (Fsp3) is 0.182. The fourth-order valence-corrected chi connectivity index (χ4v) is 3.63. The highest BCUT2D eigenvalue weighted by atomic mass is 19.4. The van der Waals surface area contributed by atoms with E-state index in [0.29, 0.717) is 36.0 Å². The molecule has 0 N–H and O–H groups in total. The molecule has 5 rings (SSSR count). The lowest BCUT2D eigenvalue weighted by Crippen LogP contribution is -2.15. The summed E-state index contributed by atoms with van der Waals surface area (Å²) in [5.74, 6) is 0.514. The first-order chi connectivity index (χ1) is 14.8. The Hall–Kier alpha value is -3.62. The highest BCUT2D eigenvalue weighted by Gasteiger charge is 2.36. The van der Waals surface area contributed by atoms with Crippen molar-refractivity contribution in [2.24, 2.45) is 0 Å². The van der Waals surface area contributed by atoms with Crippen molar-refractivity contribution in [1.82, 2.24) is 14.8 Å². The van der Waals surface area contributed by atoms with Gasteiger partial charge in [-0.2, -0.15) is 18.3 Å². The molecule has 0 unspecified atom stereocenters. The SMILES string of the molecule is Cc1nn(-c2ccc(F)cc2)c2nc(-c3ccc4c(c3)OCCO4)cc(C(F)(F)F)c12. The van der Waals surface area contributed by atoms with Gasteiger partial charge in [-0.05, 0) is 55.5 Å². The molecule has 0 radical (unpaired) electrons. The predicted octanol–water partition coefficient (Wildman–Crippen LogP) is 5.33. The van der Waals surface area contributed by atoms with Gasteiger partial charge in [0, 0.05) is 5.56 Å². The van der Waals surface area contributed by atoms with E-state index in [4.69, 9.17) is 9.47 Å². The topological polar surface area (TPSA) is 49.2 Å². The van der Waals surface area contributed by atoms with E-state index in [0.717, 1.165) is 6.07 Å². The molecule has 3 heterocycles. The summed E-state index contributed by atoms with van der Waals surface area (Å²) in [5.41, 5.74) is 0.325. The van der Waals surface area contributed by atoms with Crippen LogP contribution in [0, 0.1) is 12.7 Å². The van der Waals surface area contributed by atoms with E-state index >= 15 is 0 Å². The van der Waals surface area contributed by atoms with Crippen molar-refractivity contribution in [3.63, 3.8) is 0 Å². The molecule has 0 atom stereocenters. The summed E-state index contributed by atoms with van der Waals surface area (Å²) in [6, 6.07) is 11.2. The molecule has 0 bridgehead atoms. The van der Waals surface area contributed by atoms with Crippen molar-refractivity contribution < 1.29 is 27.0 Å². The Balaban J connectivity index is 1.76. The summed E-state index contributed by atoms with van der Waals surface area (Å²) in [4.78, 5) is 4.50. The molecule has 4 aromatic rings. The van der Waals surface area contributed by atoms with Crippen LogP contribution in [0.5, 0.6) is 11.5 Å². The highest BCUT2D eigenvalue weighted by molar-refractivity contribution is 5.87. The van der Waals surface area contributed by atoms with Gasteiger partial charge in [-0.3, -0.25) is 0 Å². The zero-order valence-corrected chi connectivity index (χ0v) is 16.2. The largest absolute Gasteiger partial charge is 0.486 e. The summed E-state index contributed by atoms with van der Waals surface area (Å²) in [6.07, 6.45) is -4.62. The summed E-state index contributed by atoms with van der Waals surface area (Å²) >= 11 is 0. The molecule has 1 aliphatic rings. The van der Waals surface area contributed by atoms with E-state index in [1.54, 1.807) is 18.2 Å². The lowest BCUT2D eigenvalue weighted by atomic mass is 10.0. The quantitative estimate of drug-likeness (QED) is 0.405. The van der Waals surface area contributed by atoms with Gasteiger partial charge in [0.2, 0.25) is 0 Å². The molecule has 2 aromatic carbocycles. The number of aryl methyl sites for hydroxylation is 1. The van der Waals surface area contributed by atoms with Crippen LogP contribution in [-0.2, 0) is 6.18 Å². The maximum absolute atomic E-state index is 14.0. The van der Waals surface area contributed by atoms with Gasteiger partial charge in [0.05, 0.1) is 28.0 Å². The Labute approximate surface area is 173 Å². The number of nitrogens with zero attached hydrogens (tertiary/aromatic N) is 3. The zero-order valence-electron chi connectivity index (χ0n) is 16.2. The number of hydrogen-bond donors (Lipinski definition) is 0. The van der Waals surface area contributed by atoms with Crippen LogP contribution >= 0.6 is 0 Å². The number of benzene rings is 2. The van der Waals surface area contributed by atoms with Gasteiger partial charge in [-0.25, -0.2) is 14.1 Å². The van der Waals surface area contributed by atoms with E-state index in [-0.39, 0.29) is 22.4 Å². The number of rotatable bonds is 2. The van der Waals surface area contributed by atoms with Gasteiger partial charge in [0.1, 0.15) is 19.0 Å². The maximum Gasteiger partial charge on any atom is 0.417 e. The first-order valence-electron chi connectivity index (χ1n) is 9.45. The molecule has 9 heteroatoms. The normalized spacial score (nSPS) is 13.6. The van der Waals surface area contributed by atoms with Crippen LogP contribution in [0.4, 0.5) is 17.6 Å². The van der Waals surface area contributed by atoms with Crippen LogP contribution in [0.3, 0.4) is 0 Å². The van der Waals surface area contributed by atoms with E-state index in [9.17, 15) is 17.6 Å². The van der Waals surface area contributed by atoms with Crippen molar-refractivity contribution >= 4 is 11.0 Å². The standard InChI is InChI=1S/C22H15F4N3O2/c1-12-20-16(22(24,25)26)11-17(13-2-7-18-19(10-13)31-9-8-30-18)27-21(20)29(28-12)15-5-3-14(23)4-6-15/h2-7,10-11H,8-9H2,1H3. The van der Waals surface area contributed by atoms with E-state index < -0.39 is 17.6 Å². The molecule has 1 aliphatic heterocycles. The van der Waals surface area contributed by atoms with E-state index in [1.165, 1.54) is 35.9 Å². The lowest BCUT2D eigenvalue weighted by Gasteiger charge is -2.19. The van der Waals surface area contributed by atoms with Crippen LogP contribution in [-0.4, -0.2) is 28.0 Å². The van der Waals surface area contributed by atoms with Crippen LogP contribution in [0.2, 0.25) is 0 Å². The average Bonchev–Trinajstić information content (AvgIpc) is 3.09. The minimum Gasteiger partial charge on any atom is -0.486 e. The van der Waals surface area contributed by atoms with Gasteiger partial charge in [-0.1, -0.05) is 0 Å². The lowest BCUT2D eigenvalue weighted by molar-refractivity contribution is -0.136. The van der Waals surface area contributed by atoms with Crippen LogP contribution in [0.1, 0.15) is 11.3 Å². The second-order valence-corrected chi connectivity index (χ2v) is 7.08. The molecule has 158 valence electrons. The maximum atomic E-state index is 14.0. The Bertz CT molecular complexity index is 1300. The van der Waals surface area contributed by atoms with Crippen molar-refractivity contribution in [3.05, 3.63) is 65.6 Å². The number of hydrogen-bond acceptors (Lipinski definition) is 4. The number of halogens is 4. The molecule has 31 heavy (non-hydrogen) atoms. The predicted molar refractivity (Wildman–Crippen MR) is 105 cm³/mol. The number of pyridine rings is 1. The minimum absolute atomic E-state index is 0.0313. The van der Waals surface area contributed by atoms with E-state index in [1.807, 2.05) is 0 Å². The molecule has 0 spiro atoms. The van der Waals surface area contributed by atoms with Gasteiger partial charge in [0.25, 0.3) is 0 Å². The van der Waals surface area contributed by atoms with Gasteiger partial charge in [0.15, 0.2) is 17.1 Å². The summed E-state index contributed by atoms with van der Waals surface area (Å²) in [7, 11) is 0. The molecule has 5 nitrogen and oxygen atoms in total. The first kappa shape index (κ1) is 19.3. The smallest absolute Gasteiger partial charge is 0.417 e. The highest BCUT2D eigenvalue weighted by Crippen LogP contribution is 2.40. The van der Waals surface area contributed by atoms with E-state index in [2.05, 4.69) is 10.1 Å². The summed E-state index contributed by atoms with van der Waals surface area (Å²) in [5, 5.41) is 4.16. The summed E-state index contributed by atoms with van der Waals surface area (Å²) in [6.45, 7) is 2.25. The minimum atomic E-state index is -4.62. The Morgan fingerprint density at radius 3 is 2.35 bits per heavy atom. The van der Waals surface area contributed by atoms with Crippen molar-refractivity contribution in [1.29, 1.82) is 0 Å². The first-order valence-corrected chi connectivity index (χ1v) is 9.45. The molecule has 0 saturated carbocycles. The zero-order chi connectivity index (χ0) is 21.8. The monoisotopic (exact) mass is 429 g/mol. The Morgan fingerprint density at radius 2 is 1.65 bits per heavy atom. The second-order valence-electron chi connectivity index (χ2n) is 7.08. The molecular formula is C22H15F4N3O2. The number of fused-ring (bicyclic) bond motifs is 2. The van der Waals surface area contributed by atoms with Crippen LogP contribution in [0.25, 0.3) is 28.0 Å². The number of aromatic nitrogens is 3. The molecule has 0 amide bonds. The number of ether oxygens (including phenoxy) is 2. The molecule has 0 saturated heterocycles. The van der Waals surface area contributed by atoms with Crippen molar-refractivity contribution in [2.45, 2.75) is 13.1 Å². The van der Waals surface area contributed by atoms with Crippen molar-refractivity contribution in [3.8, 4) is 28.4 Å². The Morgan fingerprint density at radius 1 is 0.935 bits per heavy atom. The fourth-order valence-electron chi connectivity index (χ4n) is 3.63. The third-order valence-electron chi connectivity index (χ3n) is 5.03. The summed E-state index contributed by atoms with van der Waals surface area (Å²) < 4.78 is 67.6. The van der Waals surface area contributed by atoms with Gasteiger partial charge < -0.3 is 9.47 Å². The third-order valence-corrected chi connectivity index (χ3v) is 5.03. The van der Waals surface area contributed by atoms with Crippen molar-refractivity contribution in [2.75, 3.05) is 13.2 Å². The van der Waals surface area contributed by atoms with Crippen LogP contribution in [0.15, 0.2) is 48.5 Å². The molecule has 0 fully saturated rings. The van der Waals surface area contributed by atoms with Gasteiger partial charge >= 0.3 is 6.18 Å². The molecule has 2 aromatic heterocycles. The molecular weight excluding hydrogens is 414 g/mol. The average molecular weight is 429 g/mol. The number of alkyl halides is 3. The third kappa shape index (κ3) is 3.35. The molecule has 0 aliphatic carbocycles. The van der Waals surface area contributed by atoms with Crippen LogP contribution < -0.4 is 9.47 Å². The Kier molecular flexibility index (Phi) is 4.35. The van der Waals surface area contributed by atoms with Gasteiger partial charge in [-0.15, -0.1) is 0 Å². The second kappa shape index (κ2) is 6.97.